The fraction of sp³-hybridized carbons (Fsp3) is 0.459. The van der Waals surface area contributed by atoms with Crippen LogP contribution in [-0.2, 0) is 77.5 Å². The van der Waals surface area contributed by atoms with Gasteiger partial charge in [0.25, 0.3) is 10.0 Å². The van der Waals surface area contributed by atoms with Crippen molar-refractivity contribution in [3.05, 3.63) is 167 Å². The van der Waals surface area contributed by atoms with E-state index >= 15 is 0 Å². The lowest BCUT2D eigenvalue weighted by Gasteiger charge is -2.37. The van der Waals surface area contributed by atoms with Gasteiger partial charge in [-0.2, -0.15) is 11.8 Å². The molecule has 14 N–H and O–H groups in total. The van der Waals surface area contributed by atoms with Crippen molar-refractivity contribution < 1.29 is 56.3 Å². The highest BCUT2D eigenvalue weighted by atomic mass is 32.2. The molecular formula is C74H99N13O12S3. The third-order valence-corrected chi connectivity index (χ3v) is 21.7. The molecular weight excluding hydrogens is 1360 g/mol. The van der Waals surface area contributed by atoms with Crippen molar-refractivity contribution in [2.24, 2.45) is 28.1 Å². The molecule has 28 heteroatoms. The lowest BCUT2D eigenvalue weighted by atomic mass is 9.85. The van der Waals surface area contributed by atoms with Gasteiger partial charge in [-0.3, -0.25) is 48.1 Å². The summed E-state index contributed by atoms with van der Waals surface area (Å²) < 4.78 is 33.4. The van der Waals surface area contributed by atoms with Gasteiger partial charge >= 0.3 is 0 Å². The molecule has 102 heavy (non-hydrogen) atoms. The summed E-state index contributed by atoms with van der Waals surface area (Å²) in [6, 6.07) is 32.5. The summed E-state index contributed by atoms with van der Waals surface area (Å²) in [5, 5.41) is 19.6. The largest absolute Gasteiger partial charge is 0.494 e. The quantitative estimate of drug-likeness (QED) is 0.0144. The first-order valence-electron chi connectivity index (χ1n) is 34.8. The van der Waals surface area contributed by atoms with E-state index in [-0.39, 0.29) is 92.0 Å². The van der Waals surface area contributed by atoms with Crippen molar-refractivity contribution in [1.82, 2.24) is 46.8 Å². The van der Waals surface area contributed by atoms with Gasteiger partial charge in [0.05, 0.1) is 17.9 Å². The molecule has 7 rings (SSSR count). The van der Waals surface area contributed by atoms with Crippen LogP contribution in [0.1, 0.15) is 119 Å². The Bertz CT molecular complexity index is 3720. The second-order valence-electron chi connectivity index (χ2n) is 26.0. The molecule has 1 heterocycles. The minimum atomic E-state index is -4.04. The molecule has 1 aliphatic carbocycles. The van der Waals surface area contributed by atoms with Crippen LogP contribution in [0.4, 0.5) is 0 Å². The first-order chi connectivity index (χ1) is 48.9. The minimum Gasteiger partial charge on any atom is -0.494 e. The number of benzene rings is 5. The SMILES string of the molecule is CCOc1ccc(C[C@@H](NC(=O)CC2(SCc3ccccc3)CCCCC2)C(=O)N[C@@H](Cc2ccccc2)C(=O)N[C@H](C(=O)N[C@@H](CC(N)=O)C(=O)N[C@@H](CSCc2ccccc2)C(=O)N2CCC[C@H]2C(=O)N[C@@H](CCCN=C(N)NS(=O)(=O)c2ccc(C)cc2)C(=O)NCCN)C(C)C)cc1. The van der Waals surface area contributed by atoms with Crippen LogP contribution < -0.4 is 63.9 Å². The highest BCUT2D eigenvalue weighted by Crippen LogP contribution is 2.44. The molecule has 0 aromatic heterocycles. The number of sulfonamides is 1. The average molecular weight is 1460 g/mol. The zero-order valence-electron chi connectivity index (χ0n) is 58.5. The number of guanidine groups is 1. The molecule has 5 aromatic rings. The van der Waals surface area contributed by atoms with Crippen LogP contribution in [0.2, 0.25) is 0 Å². The van der Waals surface area contributed by atoms with Gasteiger partial charge in [0.2, 0.25) is 59.1 Å². The zero-order valence-corrected chi connectivity index (χ0v) is 60.9. The summed E-state index contributed by atoms with van der Waals surface area (Å²) in [5.41, 5.74) is 21.7. The van der Waals surface area contributed by atoms with Gasteiger partial charge in [0.15, 0.2) is 0 Å². The van der Waals surface area contributed by atoms with Gasteiger partial charge < -0.3 is 64.1 Å². The van der Waals surface area contributed by atoms with Gasteiger partial charge in [-0.05, 0) is 105 Å². The van der Waals surface area contributed by atoms with Crippen LogP contribution in [0.3, 0.4) is 0 Å². The van der Waals surface area contributed by atoms with Crippen LogP contribution >= 0.6 is 23.5 Å². The van der Waals surface area contributed by atoms with Gasteiger partial charge in [-0.1, -0.05) is 154 Å². The molecule has 0 unspecified atom stereocenters. The number of aryl methyl sites for hydroxylation is 1. The van der Waals surface area contributed by atoms with Crippen molar-refractivity contribution in [3.8, 4) is 5.75 Å². The number of aliphatic imine (C=N–C) groups is 1. The highest BCUT2D eigenvalue weighted by molar-refractivity contribution is 8.00. The van der Waals surface area contributed by atoms with Crippen molar-refractivity contribution in [1.29, 1.82) is 0 Å². The Morgan fingerprint density at radius 3 is 1.81 bits per heavy atom. The topological polar surface area (TPSA) is 387 Å². The monoisotopic (exact) mass is 1460 g/mol. The Balaban J connectivity index is 1.07. The molecule has 2 aliphatic rings. The molecule has 9 amide bonds. The molecule has 25 nitrogen and oxygen atoms in total. The van der Waals surface area contributed by atoms with Gasteiger partial charge in [0.1, 0.15) is 48.0 Å². The molecule has 7 atom stereocenters. The molecule has 1 aliphatic heterocycles. The Labute approximate surface area is 606 Å². The number of ether oxygens (including phenoxy) is 1. The number of nitrogens with two attached hydrogens (primary N) is 3. The summed E-state index contributed by atoms with van der Waals surface area (Å²) in [4.78, 5) is 135. The van der Waals surface area contributed by atoms with Crippen LogP contribution in [0.15, 0.2) is 149 Å². The third-order valence-electron chi connectivity index (χ3n) is 17.6. The molecule has 550 valence electrons. The molecule has 0 spiro atoms. The highest BCUT2D eigenvalue weighted by Gasteiger charge is 2.42. The summed E-state index contributed by atoms with van der Waals surface area (Å²) in [6.45, 7) is 7.66. The van der Waals surface area contributed by atoms with Crippen molar-refractivity contribution in [2.75, 3.05) is 38.5 Å². The number of carbonyl (C=O) groups is 9. The number of nitrogens with zero attached hydrogens (tertiary/aromatic N) is 2. The Kier molecular flexibility index (Phi) is 32.0. The average Bonchev–Trinajstić information content (AvgIpc) is 1.51. The van der Waals surface area contributed by atoms with E-state index in [0.717, 1.165) is 48.8 Å². The maximum absolute atomic E-state index is 15.0. The third kappa shape index (κ3) is 25.8. The van der Waals surface area contributed by atoms with E-state index in [1.165, 1.54) is 28.8 Å². The predicted octanol–water partition coefficient (Wildman–Crippen LogP) is 4.72. The van der Waals surface area contributed by atoms with Crippen LogP contribution in [-0.4, -0.2) is 158 Å². The zero-order chi connectivity index (χ0) is 73.6. The first kappa shape index (κ1) is 80.3. The number of nitrogens with one attached hydrogen (secondary N) is 8. The fourth-order valence-electron chi connectivity index (χ4n) is 12.2. The standard InChI is InChI=1S/C74H99N13O12S3/c1-5-99-55-32-30-52(31-33-55)43-58(80-64(89)45-74(36-16-9-17-37-74)101-47-54-24-14-8-15-25-54)67(91)82-59(42-51-20-10-6-11-21-51)69(93)85-65(49(2)3)71(95)83-60(44-63(76)88)68(92)84-61(48-100-46-53-22-12-7-13-23-53)72(96)87-41-19-27-62(87)70(94)81-57(66(90)78-40-38-75)26-18-39-79-73(77)86-102(97,98)56-34-28-50(4)29-35-56/h6-8,10-15,20-25,28-35,49,57-62,65H,5,9,16-19,26-27,36-48,75H2,1-4H3,(H2,76,88)(H,78,90)(H,80,89)(H,81,94)(H,82,91)(H,83,95)(H,84,92)(H,85,93)(H3,77,79,86)/t57-,58+,59-,60-,61-,62-,65-/m0/s1. The molecule has 0 radical (unpaired) electrons. The minimum absolute atomic E-state index is 0.0162. The smallest absolute Gasteiger partial charge is 0.264 e. The summed E-state index contributed by atoms with van der Waals surface area (Å²) in [6.07, 6.45) is 4.82. The number of hydrogen-bond donors (Lipinski definition) is 11. The molecule has 1 saturated heterocycles. The maximum Gasteiger partial charge on any atom is 0.264 e. The number of primary amides is 1. The van der Waals surface area contributed by atoms with Gasteiger partial charge in [-0.25, -0.2) is 13.1 Å². The Morgan fingerprint density at radius 2 is 1.21 bits per heavy atom. The molecule has 0 bridgehead atoms. The number of thioether (sulfide) groups is 2. The van der Waals surface area contributed by atoms with E-state index in [2.05, 4.69) is 59.1 Å². The summed E-state index contributed by atoms with van der Waals surface area (Å²) in [7, 11) is -4.04. The summed E-state index contributed by atoms with van der Waals surface area (Å²) >= 11 is 3.06. The molecule has 5 aromatic carbocycles. The van der Waals surface area contributed by atoms with Crippen molar-refractivity contribution in [3.63, 3.8) is 0 Å². The van der Waals surface area contributed by atoms with Crippen LogP contribution in [0, 0.1) is 12.8 Å². The summed E-state index contributed by atoms with van der Waals surface area (Å²) in [5.74, 6) is -5.87. The lowest BCUT2D eigenvalue weighted by Crippen LogP contribution is -2.61. The van der Waals surface area contributed by atoms with E-state index in [0.29, 0.717) is 41.4 Å². The van der Waals surface area contributed by atoms with Gasteiger partial charge in [0, 0.05) is 67.4 Å². The fourth-order valence-corrected chi connectivity index (χ4v) is 15.6. The number of amides is 9. The second-order valence-corrected chi connectivity index (χ2v) is 30.2. The second kappa shape index (κ2) is 40.6. The maximum atomic E-state index is 15.0. The normalized spacial score (nSPS) is 16.2. The van der Waals surface area contributed by atoms with E-state index in [9.17, 15) is 51.6 Å². The van der Waals surface area contributed by atoms with Crippen LogP contribution in [0.5, 0.6) is 5.75 Å². The van der Waals surface area contributed by atoms with E-state index in [1.807, 2.05) is 74.5 Å². The first-order valence-corrected chi connectivity index (χ1v) is 38.4. The van der Waals surface area contributed by atoms with E-state index in [4.69, 9.17) is 21.9 Å². The number of rotatable bonds is 39. The molecule has 2 fully saturated rings. The lowest BCUT2D eigenvalue weighted by molar-refractivity contribution is -0.142. The van der Waals surface area contributed by atoms with E-state index < -0.39 is 112 Å². The number of hydrogen-bond acceptors (Lipinski definition) is 16. The van der Waals surface area contributed by atoms with Crippen molar-refractivity contribution >= 4 is 92.7 Å². The van der Waals surface area contributed by atoms with Gasteiger partial charge in [-0.15, -0.1) is 11.8 Å². The molecule has 1 saturated carbocycles. The Hall–Kier alpha value is -8.99. The van der Waals surface area contributed by atoms with Crippen molar-refractivity contribution in [2.45, 2.75) is 175 Å². The number of carbonyl (C=O) groups excluding carboxylic acids is 9. The predicted molar refractivity (Wildman–Crippen MR) is 396 cm³/mol. The Morgan fingerprint density at radius 1 is 0.637 bits per heavy atom. The number of likely N-dealkylation sites (tertiary alicyclic amines) is 1. The van der Waals surface area contributed by atoms with E-state index in [1.54, 1.807) is 80.2 Å². The van der Waals surface area contributed by atoms with Crippen LogP contribution in [0.25, 0.3) is 0 Å².